The van der Waals surface area contributed by atoms with Crippen LogP contribution in [0.4, 0.5) is 0 Å². The second-order valence-corrected chi connectivity index (χ2v) is 5.57. The molecule has 0 N–H and O–H groups in total. The van der Waals surface area contributed by atoms with Crippen molar-refractivity contribution in [2.24, 2.45) is 5.41 Å². The van der Waals surface area contributed by atoms with Gasteiger partial charge in [0.15, 0.2) is 5.78 Å². The summed E-state index contributed by atoms with van der Waals surface area (Å²) in [6.45, 7) is 3.52. The molecule has 1 aromatic carbocycles. The van der Waals surface area contributed by atoms with Crippen LogP contribution in [0, 0.1) is 5.41 Å². The van der Waals surface area contributed by atoms with Gasteiger partial charge in [0.1, 0.15) is 0 Å². The first-order valence-corrected chi connectivity index (χ1v) is 6.89. The van der Waals surface area contributed by atoms with E-state index in [0.29, 0.717) is 5.56 Å². The average Bonchev–Trinajstić information content (AvgIpc) is 2.37. The Hall–Kier alpha value is -1.29. The van der Waals surface area contributed by atoms with E-state index in [9.17, 15) is 9.59 Å². The van der Waals surface area contributed by atoms with Gasteiger partial charge in [-0.3, -0.25) is 9.59 Å². The molecule has 0 spiro atoms. The normalized spacial score (nSPS) is 11.1. The Labute approximate surface area is 112 Å². The lowest BCUT2D eigenvalue weighted by Crippen LogP contribution is -2.28. The van der Waals surface area contributed by atoms with E-state index in [2.05, 4.69) is 4.74 Å². The second kappa shape index (κ2) is 6.05. The van der Waals surface area contributed by atoms with Gasteiger partial charge in [-0.2, -0.15) is 0 Å². The molecular formula is C14H18O3S. The number of rotatable bonds is 5. The summed E-state index contributed by atoms with van der Waals surface area (Å²) in [4.78, 5) is 24.7. The van der Waals surface area contributed by atoms with Crippen molar-refractivity contribution in [2.75, 3.05) is 13.4 Å². The molecule has 0 unspecified atom stereocenters. The number of hydrogen-bond donors (Lipinski definition) is 0. The van der Waals surface area contributed by atoms with Crippen molar-refractivity contribution in [2.45, 2.75) is 25.2 Å². The van der Waals surface area contributed by atoms with Gasteiger partial charge in [-0.25, -0.2) is 0 Å². The molecule has 18 heavy (non-hydrogen) atoms. The second-order valence-electron chi connectivity index (χ2n) is 4.69. The minimum Gasteiger partial charge on any atom is -0.469 e. The highest BCUT2D eigenvalue weighted by Crippen LogP contribution is 2.27. The number of carbonyl (C=O) groups excluding carboxylic acids is 2. The number of esters is 1. The predicted octanol–water partition coefficient (Wildman–Crippen LogP) is 3.18. The number of carbonyl (C=O) groups is 2. The van der Waals surface area contributed by atoms with Gasteiger partial charge in [0, 0.05) is 15.9 Å². The largest absolute Gasteiger partial charge is 0.469 e. The van der Waals surface area contributed by atoms with Crippen molar-refractivity contribution in [3.8, 4) is 0 Å². The van der Waals surface area contributed by atoms with Gasteiger partial charge in [-0.15, -0.1) is 11.8 Å². The summed E-state index contributed by atoms with van der Waals surface area (Å²) in [7, 11) is 1.33. The molecule has 0 radical (unpaired) electrons. The highest BCUT2D eigenvalue weighted by molar-refractivity contribution is 7.98. The summed E-state index contributed by atoms with van der Waals surface area (Å²) in [6, 6.07) is 7.42. The lowest BCUT2D eigenvalue weighted by Gasteiger charge is -2.21. The molecule has 0 heterocycles. The first-order valence-electron chi connectivity index (χ1n) is 5.66. The molecular weight excluding hydrogens is 248 g/mol. The minimum absolute atomic E-state index is 0.0412. The van der Waals surface area contributed by atoms with Crippen LogP contribution in [-0.4, -0.2) is 25.1 Å². The highest BCUT2D eigenvalue weighted by atomic mass is 32.2. The van der Waals surface area contributed by atoms with E-state index in [1.54, 1.807) is 37.7 Å². The maximum Gasteiger partial charge on any atom is 0.306 e. The Morgan fingerprint density at radius 3 is 2.22 bits per heavy atom. The molecule has 0 saturated carbocycles. The lowest BCUT2D eigenvalue weighted by molar-refractivity contribution is -0.142. The van der Waals surface area contributed by atoms with Crippen molar-refractivity contribution < 1.29 is 14.3 Å². The Bertz CT molecular complexity index is 435. The van der Waals surface area contributed by atoms with Gasteiger partial charge >= 0.3 is 5.97 Å². The van der Waals surface area contributed by atoms with Gasteiger partial charge in [-0.05, 0) is 18.4 Å². The maximum absolute atomic E-state index is 12.3. The van der Waals surface area contributed by atoms with E-state index in [1.807, 2.05) is 18.4 Å². The van der Waals surface area contributed by atoms with Gasteiger partial charge in [-0.1, -0.05) is 26.0 Å². The van der Waals surface area contributed by atoms with Crippen LogP contribution in [-0.2, 0) is 9.53 Å². The summed E-state index contributed by atoms with van der Waals surface area (Å²) >= 11 is 1.63. The number of ether oxygens (including phenoxy) is 1. The van der Waals surface area contributed by atoms with E-state index < -0.39 is 5.41 Å². The molecule has 0 aliphatic rings. The van der Waals surface area contributed by atoms with Crippen LogP contribution in [0.15, 0.2) is 29.2 Å². The number of Topliss-reactive ketones (excluding diaryl/α,β-unsaturated/α-hetero) is 1. The lowest BCUT2D eigenvalue weighted by atomic mass is 9.81. The number of thioether (sulfide) groups is 1. The number of ketones is 1. The predicted molar refractivity (Wildman–Crippen MR) is 73.0 cm³/mol. The Morgan fingerprint density at radius 1 is 1.22 bits per heavy atom. The first-order chi connectivity index (χ1) is 8.40. The smallest absolute Gasteiger partial charge is 0.306 e. The zero-order valence-corrected chi connectivity index (χ0v) is 12.0. The molecule has 1 aromatic rings. The number of hydrogen-bond acceptors (Lipinski definition) is 4. The highest BCUT2D eigenvalue weighted by Gasteiger charge is 2.31. The van der Waals surface area contributed by atoms with E-state index in [4.69, 9.17) is 0 Å². The number of benzene rings is 1. The molecule has 1 rings (SSSR count). The zero-order valence-electron chi connectivity index (χ0n) is 11.1. The van der Waals surface area contributed by atoms with E-state index >= 15 is 0 Å². The summed E-state index contributed by atoms with van der Waals surface area (Å²) in [5, 5.41) is 0. The van der Waals surface area contributed by atoms with E-state index in [0.717, 1.165) is 4.90 Å². The van der Waals surface area contributed by atoms with Crippen LogP contribution in [0.25, 0.3) is 0 Å². The molecule has 0 atom stereocenters. The zero-order chi connectivity index (χ0) is 13.8. The Balaban J connectivity index is 2.87. The third-order valence-electron chi connectivity index (χ3n) is 2.78. The monoisotopic (exact) mass is 266 g/mol. The third-order valence-corrected chi connectivity index (χ3v) is 3.52. The minimum atomic E-state index is -0.742. The van der Waals surface area contributed by atoms with Gasteiger partial charge in [0.2, 0.25) is 0 Å². The van der Waals surface area contributed by atoms with Crippen LogP contribution < -0.4 is 0 Å². The van der Waals surface area contributed by atoms with Crippen LogP contribution in [0.5, 0.6) is 0 Å². The fraction of sp³-hybridized carbons (Fsp3) is 0.429. The van der Waals surface area contributed by atoms with Crippen molar-refractivity contribution in [1.29, 1.82) is 0 Å². The fourth-order valence-corrected chi connectivity index (χ4v) is 2.05. The molecule has 4 heteroatoms. The topological polar surface area (TPSA) is 43.4 Å². The van der Waals surface area contributed by atoms with Gasteiger partial charge in [0.05, 0.1) is 13.5 Å². The van der Waals surface area contributed by atoms with Gasteiger partial charge < -0.3 is 4.74 Å². The Kier molecular flexibility index (Phi) is 4.96. The summed E-state index contributed by atoms with van der Waals surface area (Å²) in [6.07, 6.45) is 2.07. The third kappa shape index (κ3) is 3.60. The summed E-state index contributed by atoms with van der Waals surface area (Å²) in [5.74, 6) is -0.408. The average molecular weight is 266 g/mol. The molecule has 0 bridgehead atoms. The van der Waals surface area contributed by atoms with Crippen LogP contribution in [0.3, 0.4) is 0 Å². The van der Waals surface area contributed by atoms with Crippen molar-refractivity contribution in [3.63, 3.8) is 0 Å². The quantitative estimate of drug-likeness (QED) is 0.466. The van der Waals surface area contributed by atoms with E-state index in [-0.39, 0.29) is 18.2 Å². The molecule has 0 fully saturated rings. The Morgan fingerprint density at radius 2 is 1.78 bits per heavy atom. The molecule has 98 valence electrons. The fourth-order valence-electron chi connectivity index (χ4n) is 1.65. The van der Waals surface area contributed by atoms with Crippen molar-refractivity contribution in [3.05, 3.63) is 29.8 Å². The molecule has 0 amide bonds. The molecule has 0 aliphatic heterocycles. The number of methoxy groups -OCH3 is 1. The standard InChI is InChI=1S/C14H18O3S/c1-14(2,9-12(15)17-3)13(16)10-5-7-11(18-4)8-6-10/h5-8H,9H2,1-4H3. The summed E-state index contributed by atoms with van der Waals surface area (Å²) in [5.41, 5.74) is -0.116. The van der Waals surface area contributed by atoms with Crippen LogP contribution >= 0.6 is 11.8 Å². The first kappa shape index (κ1) is 14.8. The maximum atomic E-state index is 12.3. The molecule has 0 aromatic heterocycles. The van der Waals surface area contributed by atoms with Crippen molar-refractivity contribution in [1.82, 2.24) is 0 Å². The van der Waals surface area contributed by atoms with Gasteiger partial charge in [0.25, 0.3) is 0 Å². The molecule has 0 saturated heterocycles. The van der Waals surface area contributed by atoms with E-state index in [1.165, 1.54) is 7.11 Å². The molecule has 3 nitrogen and oxygen atoms in total. The van der Waals surface area contributed by atoms with Crippen molar-refractivity contribution >= 4 is 23.5 Å². The summed E-state index contributed by atoms with van der Waals surface area (Å²) < 4.78 is 4.61. The molecule has 0 aliphatic carbocycles. The SMILES string of the molecule is COC(=O)CC(C)(C)C(=O)c1ccc(SC)cc1. The van der Waals surface area contributed by atoms with Crippen LogP contribution in [0.1, 0.15) is 30.6 Å². The van der Waals surface area contributed by atoms with Crippen LogP contribution in [0.2, 0.25) is 0 Å².